The van der Waals surface area contributed by atoms with Gasteiger partial charge in [0.1, 0.15) is 0 Å². The Labute approximate surface area is 101 Å². The van der Waals surface area contributed by atoms with Gasteiger partial charge < -0.3 is 0 Å². The van der Waals surface area contributed by atoms with Crippen LogP contribution in [-0.4, -0.2) is 19.1 Å². The molecular formula is C11H9F3N2Se. The SMILES string of the molecule is N=c1[se]c2cc(C(F)(F)F)cc3c2n1CCC3. The van der Waals surface area contributed by atoms with Gasteiger partial charge in [0.25, 0.3) is 0 Å². The number of hydrogen-bond donors (Lipinski definition) is 1. The molecule has 2 nitrogen and oxygen atoms in total. The van der Waals surface area contributed by atoms with Crippen molar-refractivity contribution in [3.63, 3.8) is 0 Å². The summed E-state index contributed by atoms with van der Waals surface area (Å²) in [6, 6.07) is 2.47. The first kappa shape index (κ1) is 11.1. The van der Waals surface area contributed by atoms with E-state index in [1.54, 1.807) is 0 Å². The summed E-state index contributed by atoms with van der Waals surface area (Å²) in [7, 11) is 0. The second kappa shape index (κ2) is 3.50. The Morgan fingerprint density at radius 1 is 1.29 bits per heavy atom. The van der Waals surface area contributed by atoms with E-state index in [2.05, 4.69) is 0 Å². The van der Waals surface area contributed by atoms with Gasteiger partial charge in [0.15, 0.2) is 0 Å². The van der Waals surface area contributed by atoms with Crippen LogP contribution in [0.15, 0.2) is 12.1 Å². The Bertz CT molecular complexity index is 651. The molecule has 0 bridgehead atoms. The molecule has 0 atom stereocenters. The zero-order valence-corrected chi connectivity index (χ0v) is 10.5. The molecule has 0 radical (unpaired) electrons. The van der Waals surface area contributed by atoms with Crippen molar-refractivity contribution < 1.29 is 13.2 Å². The van der Waals surface area contributed by atoms with Gasteiger partial charge in [-0.2, -0.15) is 0 Å². The van der Waals surface area contributed by atoms with E-state index < -0.39 is 11.7 Å². The van der Waals surface area contributed by atoms with Crippen LogP contribution in [0.25, 0.3) is 9.78 Å². The summed E-state index contributed by atoms with van der Waals surface area (Å²) in [6.45, 7) is 0.770. The van der Waals surface area contributed by atoms with Crippen molar-refractivity contribution in [3.05, 3.63) is 27.6 Å². The number of rotatable bonds is 0. The van der Waals surface area contributed by atoms with Gasteiger partial charge >= 0.3 is 101 Å². The molecule has 0 saturated heterocycles. The summed E-state index contributed by atoms with van der Waals surface area (Å²) < 4.78 is 41.2. The van der Waals surface area contributed by atoms with E-state index in [-0.39, 0.29) is 14.5 Å². The van der Waals surface area contributed by atoms with Crippen LogP contribution in [0.3, 0.4) is 0 Å². The molecule has 17 heavy (non-hydrogen) atoms. The fourth-order valence-electron chi connectivity index (χ4n) is 2.31. The number of alkyl halides is 3. The predicted molar refractivity (Wildman–Crippen MR) is 58.1 cm³/mol. The zero-order chi connectivity index (χ0) is 12.2. The summed E-state index contributed by atoms with van der Waals surface area (Å²) in [5.41, 5.74) is 1.07. The van der Waals surface area contributed by atoms with Gasteiger partial charge in [-0.25, -0.2) is 0 Å². The van der Waals surface area contributed by atoms with Crippen molar-refractivity contribution in [2.75, 3.05) is 0 Å². The molecule has 0 amide bonds. The zero-order valence-electron chi connectivity index (χ0n) is 8.77. The van der Waals surface area contributed by atoms with E-state index in [9.17, 15) is 13.2 Å². The average Bonchev–Trinajstić information content (AvgIpc) is 2.56. The van der Waals surface area contributed by atoms with Gasteiger partial charge in [0, 0.05) is 0 Å². The summed E-state index contributed by atoms with van der Waals surface area (Å²) in [5.74, 6) is 0. The maximum atomic E-state index is 12.7. The monoisotopic (exact) mass is 306 g/mol. The van der Waals surface area contributed by atoms with Crippen molar-refractivity contribution in [1.82, 2.24) is 4.57 Å². The first-order valence-corrected chi connectivity index (χ1v) is 6.96. The first-order chi connectivity index (χ1) is 7.97. The molecule has 0 fully saturated rings. The van der Waals surface area contributed by atoms with Crippen LogP contribution in [0.4, 0.5) is 13.2 Å². The van der Waals surface area contributed by atoms with Crippen LogP contribution in [0.2, 0.25) is 0 Å². The standard InChI is InChI=1S/C11H9F3N2Se/c12-11(13,14)7-4-6-2-1-3-16-9(6)8(5-7)17-10(16)15/h4-5,15H,1-3H2. The van der Waals surface area contributed by atoms with Crippen molar-refractivity contribution >= 4 is 24.3 Å². The molecule has 0 saturated carbocycles. The third-order valence-corrected chi connectivity index (χ3v) is 5.01. The molecule has 1 N–H and O–H groups in total. The number of hydrogen-bond acceptors (Lipinski definition) is 1. The van der Waals surface area contributed by atoms with Crippen LogP contribution in [0, 0.1) is 5.41 Å². The Morgan fingerprint density at radius 3 is 2.76 bits per heavy atom. The molecule has 1 aromatic heterocycles. The molecule has 2 aromatic rings. The van der Waals surface area contributed by atoms with E-state index in [1.807, 2.05) is 4.57 Å². The molecule has 3 rings (SSSR count). The van der Waals surface area contributed by atoms with Gasteiger partial charge in [0.05, 0.1) is 0 Å². The average molecular weight is 305 g/mol. The molecular weight excluding hydrogens is 296 g/mol. The molecule has 1 aliphatic heterocycles. The van der Waals surface area contributed by atoms with Crippen LogP contribution in [0.5, 0.6) is 0 Å². The molecule has 0 spiro atoms. The topological polar surface area (TPSA) is 28.8 Å². The van der Waals surface area contributed by atoms with E-state index in [4.69, 9.17) is 5.41 Å². The number of nitrogens with zero attached hydrogens (tertiary/aromatic N) is 1. The predicted octanol–water partition coefficient (Wildman–Crippen LogP) is 2.14. The van der Waals surface area contributed by atoms with Crippen molar-refractivity contribution in [1.29, 1.82) is 5.41 Å². The van der Waals surface area contributed by atoms with Gasteiger partial charge in [-0.3, -0.25) is 0 Å². The quantitative estimate of drug-likeness (QED) is 0.723. The van der Waals surface area contributed by atoms with E-state index in [0.29, 0.717) is 15.0 Å². The Hall–Kier alpha value is -1.00. The minimum absolute atomic E-state index is 0.268. The Morgan fingerprint density at radius 2 is 2.06 bits per heavy atom. The van der Waals surface area contributed by atoms with Gasteiger partial charge in [-0.1, -0.05) is 0 Å². The minimum atomic E-state index is -4.28. The van der Waals surface area contributed by atoms with Crippen LogP contribution >= 0.6 is 0 Å². The molecule has 0 aliphatic carbocycles. The van der Waals surface area contributed by atoms with Crippen LogP contribution < -0.4 is 4.36 Å². The van der Waals surface area contributed by atoms with Crippen molar-refractivity contribution in [3.8, 4) is 0 Å². The van der Waals surface area contributed by atoms with Gasteiger partial charge in [0.2, 0.25) is 0 Å². The van der Waals surface area contributed by atoms with E-state index in [0.717, 1.165) is 24.0 Å². The van der Waals surface area contributed by atoms with Crippen molar-refractivity contribution in [2.24, 2.45) is 0 Å². The molecule has 1 aromatic carbocycles. The third-order valence-electron chi connectivity index (χ3n) is 3.03. The van der Waals surface area contributed by atoms with Crippen LogP contribution in [-0.2, 0) is 19.1 Å². The number of aryl methyl sites for hydroxylation is 2. The maximum absolute atomic E-state index is 12.7. The molecule has 6 heteroatoms. The molecule has 0 unspecified atom stereocenters. The molecule has 90 valence electrons. The van der Waals surface area contributed by atoms with E-state index in [1.165, 1.54) is 12.1 Å². The fraction of sp³-hybridized carbons (Fsp3) is 0.364. The van der Waals surface area contributed by atoms with Crippen LogP contribution in [0.1, 0.15) is 17.5 Å². The van der Waals surface area contributed by atoms with Gasteiger partial charge in [-0.05, 0) is 0 Å². The summed E-state index contributed by atoms with van der Waals surface area (Å²) in [4.78, 5) is 0. The second-order valence-electron chi connectivity index (χ2n) is 4.14. The second-order valence-corrected chi connectivity index (χ2v) is 6.30. The van der Waals surface area contributed by atoms with Crippen molar-refractivity contribution in [2.45, 2.75) is 25.6 Å². The summed E-state index contributed by atoms with van der Waals surface area (Å²) in [6.07, 6.45) is -2.77. The number of nitrogens with one attached hydrogen (secondary N) is 1. The first-order valence-electron chi connectivity index (χ1n) is 5.25. The number of benzene rings is 1. The summed E-state index contributed by atoms with van der Waals surface area (Å²) in [5, 5.41) is 7.82. The fourth-order valence-corrected chi connectivity index (χ4v) is 4.46. The van der Waals surface area contributed by atoms with E-state index >= 15 is 0 Å². The number of aromatic nitrogens is 1. The Balaban J connectivity index is 2.38. The normalized spacial score (nSPS) is 15.5. The Kier molecular flexibility index (Phi) is 2.28. The molecule has 1 aliphatic rings. The third kappa shape index (κ3) is 1.67. The number of halogens is 3. The van der Waals surface area contributed by atoms with Gasteiger partial charge in [-0.15, -0.1) is 0 Å². The molecule has 2 heterocycles. The summed E-state index contributed by atoms with van der Waals surface area (Å²) >= 11 is -0.268.